The van der Waals surface area contributed by atoms with Crippen LogP contribution in [0.3, 0.4) is 0 Å². The van der Waals surface area contributed by atoms with Gasteiger partial charge in [-0.25, -0.2) is 4.98 Å². The Hall–Kier alpha value is -1.20. The van der Waals surface area contributed by atoms with Crippen molar-refractivity contribution in [2.45, 2.75) is 13.8 Å². The highest BCUT2D eigenvalue weighted by Gasteiger charge is 2.10. The van der Waals surface area contributed by atoms with Gasteiger partial charge in [0.25, 0.3) is 0 Å². The number of benzene rings is 1. The fourth-order valence-corrected chi connectivity index (χ4v) is 2.32. The Morgan fingerprint density at radius 1 is 1.33 bits per heavy atom. The van der Waals surface area contributed by atoms with E-state index in [1.807, 2.05) is 43.5 Å². The van der Waals surface area contributed by atoms with Gasteiger partial charge in [0.1, 0.15) is 0 Å². The summed E-state index contributed by atoms with van der Waals surface area (Å²) in [6.45, 7) is 3.72. The third-order valence-corrected chi connectivity index (χ3v) is 3.69. The quantitative estimate of drug-likeness (QED) is 0.920. The van der Waals surface area contributed by atoms with E-state index in [1.54, 1.807) is 0 Å². The Balaban J connectivity index is 2.15. The van der Waals surface area contributed by atoms with Gasteiger partial charge in [-0.2, -0.15) is 0 Å². The molecule has 1 amide bonds. The van der Waals surface area contributed by atoms with Gasteiger partial charge in [0.05, 0.1) is 5.69 Å². The second kappa shape index (κ2) is 5.63. The Bertz CT molecular complexity index is 548. The summed E-state index contributed by atoms with van der Waals surface area (Å²) in [5.41, 5.74) is 1.92. The minimum atomic E-state index is -0.0370. The number of carbonyl (C=O) groups excluding carboxylic acids is 1. The van der Waals surface area contributed by atoms with Crippen molar-refractivity contribution in [1.82, 2.24) is 4.98 Å². The van der Waals surface area contributed by atoms with Crippen LogP contribution in [-0.2, 0) is 4.79 Å². The van der Waals surface area contributed by atoms with Crippen LogP contribution in [-0.4, -0.2) is 10.9 Å². The molecular formula is C13H13BrN2OS. The maximum absolute atomic E-state index is 11.6. The van der Waals surface area contributed by atoms with Crippen LogP contribution in [0.1, 0.15) is 13.8 Å². The normalized spacial score (nSPS) is 10.7. The van der Waals surface area contributed by atoms with E-state index in [0.29, 0.717) is 5.13 Å². The summed E-state index contributed by atoms with van der Waals surface area (Å²) in [6.07, 6.45) is 0. The second-order valence-electron chi connectivity index (χ2n) is 4.19. The smallest absolute Gasteiger partial charge is 0.228 e. The first-order valence-electron chi connectivity index (χ1n) is 5.58. The Morgan fingerprint density at radius 2 is 2.00 bits per heavy atom. The summed E-state index contributed by atoms with van der Waals surface area (Å²) in [6, 6.07) is 7.93. The first kappa shape index (κ1) is 13.2. The third kappa shape index (κ3) is 3.17. The second-order valence-corrected chi connectivity index (χ2v) is 5.96. The average Bonchev–Trinajstić information content (AvgIpc) is 2.78. The molecule has 2 rings (SSSR count). The molecule has 1 N–H and O–H groups in total. The lowest BCUT2D eigenvalue weighted by atomic mass is 10.2. The first-order chi connectivity index (χ1) is 8.56. The van der Waals surface area contributed by atoms with Crippen molar-refractivity contribution in [1.29, 1.82) is 0 Å². The molecule has 5 heteroatoms. The number of hydrogen-bond acceptors (Lipinski definition) is 3. The molecule has 0 aliphatic carbocycles. The predicted octanol–water partition coefficient (Wildman–Crippen LogP) is 4.17. The summed E-state index contributed by atoms with van der Waals surface area (Å²) in [5, 5.41) is 5.39. The van der Waals surface area contributed by atoms with E-state index < -0.39 is 0 Å². The highest BCUT2D eigenvalue weighted by molar-refractivity contribution is 9.10. The van der Waals surface area contributed by atoms with Crippen molar-refractivity contribution in [2.75, 3.05) is 5.32 Å². The zero-order valence-electron chi connectivity index (χ0n) is 10.1. The number of anilines is 1. The average molecular weight is 325 g/mol. The molecule has 0 spiro atoms. The van der Waals surface area contributed by atoms with E-state index in [2.05, 4.69) is 26.2 Å². The fraction of sp³-hybridized carbons (Fsp3) is 0.231. The van der Waals surface area contributed by atoms with Gasteiger partial charge in [-0.15, -0.1) is 11.3 Å². The SMILES string of the molecule is CC(C)C(=O)Nc1nc(-c2ccc(Br)cc2)cs1. The van der Waals surface area contributed by atoms with Gasteiger partial charge >= 0.3 is 0 Å². The topological polar surface area (TPSA) is 42.0 Å². The molecule has 0 aliphatic heterocycles. The Kier molecular flexibility index (Phi) is 4.14. The number of nitrogens with one attached hydrogen (secondary N) is 1. The van der Waals surface area contributed by atoms with Crippen molar-refractivity contribution in [3.63, 3.8) is 0 Å². The highest BCUT2D eigenvalue weighted by Crippen LogP contribution is 2.26. The van der Waals surface area contributed by atoms with Gasteiger partial charge in [0, 0.05) is 21.3 Å². The maximum atomic E-state index is 11.6. The van der Waals surface area contributed by atoms with Crippen molar-refractivity contribution in [2.24, 2.45) is 5.92 Å². The van der Waals surface area contributed by atoms with Gasteiger partial charge in [-0.1, -0.05) is 41.9 Å². The van der Waals surface area contributed by atoms with Gasteiger partial charge in [-0.3, -0.25) is 4.79 Å². The highest BCUT2D eigenvalue weighted by atomic mass is 79.9. The molecule has 1 aromatic heterocycles. The molecule has 0 saturated carbocycles. The predicted molar refractivity (Wildman–Crippen MR) is 78.7 cm³/mol. The van der Waals surface area contributed by atoms with Crippen LogP contribution < -0.4 is 5.32 Å². The monoisotopic (exact) mass is 324 g/mol. The van der Waals surface area contributed by atoms with Crippen LogP contribution in [0.25, 0.3) is 11.3 Å². The summed E-state index contributed by atoms with van der Waals surface area (Å²) < 4.78 is 1.04. The van der Waals surface area contributed by atoms with Crippen LogP contribution in [0.5, 0.6) is 0 Å². The molecule has 0 fully saturated rings. The minimum Gasteiger partial charge on any atom is -0.302 e. The molecule has 0 unspecified atom stereocenters. The minimum absolute atomic E-state index is 0.00768. The van der Waals surface area contributed by atoms with Crippen molar-refractivity contribution < 1.29 is 4.79 Å². The number of aromatic nitrogens is 1. The summed E-state index contributed by atoms with van der Waals surface area (Å²) in [7, 11) is 0. The summed E-state index contributed by atoms with van der Waals surface area (Å²) >= 11 is 4.84. The van der Waals surface area contributed by atoms with Crippen LogP contribution in [0.4, 0.5) is 5.13 Å². The van der Waals surface area contributed by atoms with Crippen molar-refractivity contribution in [3.05, 3.63) is 34.1 Å². The lowest BCUT2D eigenvalue weighted by Crippen LogP contribution is -2.17. The number of thiazole rings is 1. The van der Waals surface area contributed by atoms with E-state index in [4.69, 9.17) is 0 Å². The molecular weight excluding hydrogens is 312 g/mol. The molecule has 2 aromatic rings. The maximum Gasteiger partial charge on any atom is 0.228 e. The molecule has 18 heavy (non-hydrogen) atoms. The van der Waals surface area contributed by atoms with E-state index in [1.165, 1.54) is 11.3 Å². The third-order valence-electron chi connectivity index (χ3n) is 2.40. The van der Waals surface area contributed by atoms with Gasteiger partial charge < -0.3 is 5.32 Å². The molecule has 3 nitrogen and oxygen atoms in total. The van der Waals surface area contributed by atoms with Crippen LogP contribution in [0, 0.1) is 5.92 Å². The number of nitrogens with zero attached hydrogens (tertiary/aromatic N) is 1. The van der Waals surface area contributed by atoms with E-state index in [-0.39, 0.29) is 11.8 Å². The zero-order valence-corrected chi connectivity index (χ0v) is 12.5. The van der Waals surface area contributed by atoms with Crippen LogP contribution in [0.2, 0.25) is 0 Å². The van der Waals surface area contributed by atoms with E-state index in [0.717, 1.165) is 15.7 Å². The first-order valence-corrected chi connectivity index (χ1v) is 7.26. The number of halogens is 1. The van der Waals surface area contributed by atoms with Crippen LogP contribution >= 0.6 is 27.3 Å². The Labute approximate surface area is 118 Å². The fourth-order valence-electron chi connectivity index (χ4n) is 1.33. The summed E-state index contributed by atoms with van der Waals surface area (Å²) in [5.74, 6) is -0.0447. The number of amides is 1. The van der Waals surface area contributed by atoms with Gasteiger partial charge in [0.15, 0.2) is 5.13 Å². The molecule has 0 bridgehead atoms. The van der Waals surface area contributed by atoms with Crippen LogP contribution in [0.15, 0.2) is 34.1 Å². The summed E-state index contributed by atoms with van der Waals surface area (Å²) in [4.78, 5) is 16.0. The van der Waals surface area contributed by atoms with Gasteiger partial charge in [-0.05, 0) is 12.1 Å². The Morgan fingerprint density at radius 3 is 2.61 bits per heavy atom. The number of rotatable bonds is 3. The molecule has 94 valence electrons. The molecule has 0 aliphatic rings. The number of hydrogen-bond donors (Lipinski definition) is 1. The van der Waals surface area contributed by atoms with Gasteiger partial charge in [0.2, 0.25) is 5.91 Å². The molecule has 0 atom stereocenters. The standard InChI is InChI=1S/C13H13BrN2OS/c1-8(2)12(17)16-13-15-11(7-18-13)9-3-5-10(14)6-4-9/h3-8H,1-2H3,(H,15,16,17). The molecule has 0 saturated heterocycles. The lowest BCUT2D eigenvalue weighted by Gasteiger charge is -2.03. The van der Waals surface area contributed by atoms with Crippen molar-refractivity contribution >= 4 is 38.3 Å². The number of carbonyl (C=O) groups is 1. The lowest BCUT2D eigenvalue weighted by molar-refractivity contribution is -0.118. The molecule has 1 heterocycles. The molecule has 1 aromatic carbocycles. The molecule has 0 radical (unpaired) electrons. The van der Waals surface area contributed by atoms with Crippen molar-refractivity contribution in [3.8, 4) is 11.3 Å². The zero-order chi connectivity index (χ0) is 13.1. The van der Waals surface area contributed by atoms with E-state index in [9.17, 15) is 4.79 Å². The largest absolute Gasteiger partial charge is 0.302 e. The van der Waals surface area contributed by atoms with E-state index >= 15 is 0 Å².